The molecule has 0 bridgehead atoms. The van der Waals surface area contributed by atoms with Crippen LogP contribution in [0.1, 0.15) is 24.1 Å². The number of aliphatic hydroxyl groups is 1. The third-order valence-corrected chi connectivity index (χ3v) is 4.09. The van der Waals surface area contributed by atoms with Crippen molar-refractivity contribution >= 4 is 29.6 Å². The molecule has 0 saturated carbocycles. The van der Waals surface area contributed by atoms with Crippen LogP contribution in [0.4, 0.5) is 13.2 Å². The second-order valence-corrected chi connectivity index (χ2v) is 5.62. The minimum atomic E-state index is -1.96. The van der Waals surface area contributed by atoms with Gasteiger partial charge in [-0.25, -0.2) is 32.8 Å². The first-order valence-corrected chi connectivity index (χ1v) is 7.37. The van der Waals surface area contributed by atoms with Gasteiger partial charge in [0.05, 0.1) is 18.4 Å². The maximum absolute atomic E-state index is 14.4. The van der Waals surface area contributed by atoms with E-state index in [0.717, 1.165) is 24.7 Å². The maximum atomic E-state index is 14.4. The molecule has 0 spiro atoms. The van der Waals surface area contributed by atoms with Gasteiger partial charge in [0.15, 0.2) is 5.82 Å². The van der Waals surface area contributed by atoms with Gasteiger partial charge in [0, 0.05) is 17.5 Å². The minimum absolute atomic E-state index is 0. The number of aromatic nitrogens is 5. The van der Waals surface area contributed by atoms with Crippen molar-refractivity contribution in [1.82, 2.24) is 24.7 Å². The summed E-state index contributed by atoms with van der Waals surface area (Å²) in [6, 6.07) is 2.80. The summed E-state index contributed by atoms with van der Waals surface area (Å²) in [6.45, 7) is 1.26. The summed E-state index contributed by atoms with van der Waals surface area (Å²) in [5, 5.41) is 15.2. The van der Waals surface area contributed by atoms with E-state index in [1.54, 1.807) is 0 Å². The summed E-state index contributed by atoms with van der Waals surface area (Å²) in [5.74, 6) is -3.47. The molecule has 0 fully saturated rings. The molecule has 6 nitrogen and oxygen atoms in total. The Morgan fingerprint density at radius 1 is 1.15 bits per heavy atom. The number of rotatable bonds is 5. The number of nitrogens with zero attached hydrogens (tertiary/aromatic N) is 5. The van der Waals surface area contributed by atoms with Crippen molar-refractivity contribution in [3.63, 3.8) is 0 Å². The van der Waals surface area contributed by atoms with E-state index in [1.165, 1.54) is 24.3 Å². The normalized spacial score (nSPS) is 14.3. The molecule has 132 valence electrons. The van der Waals surface area contributed by atoms with Crippen LogP contribution in [0.15, 0.2) is 43.4 Å². The third kappa shape index (κ3) is 3.96. The number of benzene rings is 1. The quantitative estimate of drug-likeness (QED) is 0.687. The van der Waals surface area contributed by atoms with E-state index >= 15 is 0 Å². The van der Waals surface area contributed by atoms with Gasteiger partial charge in [-0.15, -0.1) is 0 Å². The molecule has 1 N–H and O–H groups in total. The van der Waals surface area contributed by atoms with E-state index in [0.29, 0.717) is 6.07 Å². The summed E-state index contributed by atoms with van der Waals surface area (Å²) in [6.07, 6.45) is 4.66. The van der Waals surface area contributed by atoms with Gasteiger partial charge in [0.2, 0.25) is 0 Å². The Hall–Kier alpha value is -1.81. The number of hydrogen-bond acceptors (Lipinski definition) is 5. The molecule has 10 heteroatoms. The van der Waals surface area contributed by atoms with Crippen LogP contribution >= 0.6 is 0 Å². The molecular weight excluding hydrogens is 358 g/mol. The molecule has 0 aliphatic rings. The average Bonchev–Trinajstić information content (AvgIpc) is 3.07. The molecule has 0 radical (unpaired) electrons. The van der Waals surface area contributed by atoms with Crippen molar-refractivity contribution in [2.24, 2.45) is 0 Å². The Bertz CT molecular complexity index is 880. The fraction of sp³-hybridized carbons (Fsp3) is 0.250. The standard InChI is InChI=1S/C16H14F3N5O.Na.H/c1-10(15-14(19)5-20-7-22-15)16(25,6-24-9-21-8-23-24)12-3-2-11(17)4-13(12)18;;/h2-5,7-10,25H,6H2,1H3;;/t10-,16+;;/m0../s1. The van der Waals surface area contributed by atoms with Crippen LogP contribution in [0.3, 0.4) is 0 Å². The van der Waals surface area contributed by atoms with Crippen molar-refractivity contribution in [3.8, 4) is 0 Å². The summed E-state index contributed by atoms with van der Waals surface area (Å²) < 4.78 is 43.0. The van der Waals surface area contributed by atoms with Gasteiger partial charge in [-0.3, -0.25) is 0 Å². The van der Waals surface area contributed by atoms with Crippen LogP contribution in [-0.4, -0.2) is 59.4 Å². The summed E-state index contributed by atoms with van der Waals surface area (Å²) in [5.41, 5.74) is -2.25. The molecule has 2 heterocycles. The van der Waals surface area contributed by atoms with Crippen LogP contribution in [0.5, 0.6) is 0 Å². The van der Waals surface area contributed by atoms with Crippen LogP contribution in [0.2, 0.25) is 0 Å². The number of halogens is 3. The monoisotopic (exact) mass is 373 g/mol. The van der Waals surface area contributed by atoms with E-state index in [1.807, 2.05) is 0 Å². The van der Waals surface area contributed by atoms with Crippen molar-refractivity contribution in [3.05, 3.63) is 72.1 Å². The zero-order valence-corrected chi connectivity index (χ0v) is 13.1. The van der Waals surface area contributed by atoms with E-state index in [9.17, 15) is 18.3 Å². The van der Waals surface area contributed by atoms with Crippen molar-refractivity contribution < 1.29 is 18.3 Å². The van der Waals surface area contributed by atoms with Crippen LogP contribution in [-0.2, 0) is 12.1 Å². The van der Waals surface area contributed by atoms with Gasteiger partial charge in [-0.05, 0) is 6.07 Å². The molecule has 0 aliphatic carbocycles. The van der Waals surface area contributed by atoms with Gasteiger partial charge in [-0.2, -0.15) is 5.10 Å². The molecule has 0 aliphatic heterocycles. The SMILES string of the molecule is C[C@@H](c1ncncc1F)[C@](O)(Cn1cncn1)c1ccc(F)cc1F.[NaH]. The zero-order chi connectivity index (χ0) is 18.0. The van der Waals surface area contributed by atoms with Crippen molar-refractivity contribution in [2.45, 2.75) is 25.0 Å². The molecule has 3 rings (SSSR count). The van der Waals surface area contributed by atoms with E-state index in [4.69, 9.17) is 0 Å². The van der Waals surface area contributed by atoms with Gasteiger partial charge in [-0.1, -0.05) is 13.0 Å². The second kappa shape index (κ2) is 8.26. The molecular formula is C16H15F3N5NaO. The molecule has 0 unspecified atom stereocenters. The Kier molecular flexibility index (Phi) is 6.51. The van der Waals surface area contributed by atoms with Crippen LogP contribution in [0.25, 0.3) is 0 Å². The Morgan fingerprint density at radius 3 is 2.54 bits per heavy atom. The molecule has 2 aromatic heterocycles. The van der Waals surface area contributed by atoms with E-state index in [2.05, 4.69) is 20.1 Å². The van der Waals surface area contributed by atoms with Gasteiger partial charge in [0.1, 0.15) is 36.2 Å². The van der Waals surface area contributed by atoms with Gasteiger partial charge in [0.25, 0.3) is 0 Å². The predicted molar refractivity (Wildman–Crippen MR) is 87.8 cm³/mol. The number of hydrogen-bond donors (Lipinski definition) is 1. The zero-order valence-electron chi connectivity index (χ0n) is 13.1. The third-order valence-electron chi connectivity index (χ3n) is 4.09. The van der Waals surface area contributed by atoms with Crippen molar-refractivity contribution in [2.75, 3.05) is 0 Å². The molecule has 0 saturated heterocycles. The van der Waals surface area contributed by atoms with Gasteiger partial charge >= 0.3 is 29.6 Å². The summed E-state index contributed by atoms with van der Waals surface area (Å²) in [4.78, 5) is 11.2. The summed E-state index contributed by atoms with van der Waals surface area (Å²) in [7, 11) is 0. The molecule has 2 atom stereocenters. The van der Waals surface area contributed by atoms with E-state index < -0.39 is 29.0 Å². The first kappa shape index (κ1) is 20.5. The fourth-order valence-corrected chi connectivity index (χ4v) is 2.72. The van der Waals surface area contributed by atoms with Crippen LogP contribution in [0, 0.1) is 17.5 Å². The van der Waals surface area contributed by atoms with Crippen LogP contribution < -0.4 is 0 Å². The first-order valence-electron chi connectivity index (χ1n) is 7.37. The fourth-order valence-electron chi connectivity index (χ4n) is 2.72. The first-order chi connectivity index (χ1) is 11.9. The predicted octanol–water partition coefficient (Wildman–Crippen LogP) is 1.53. The average molecular weight is 373 g/mol. The Labute approximate surface area is 169 Å². The van der Waals surface area contributed by atoms with E-state index in [-0.39, 0.29) is 47.4 Å². The van der Waals surface area contributed by atoms with Crippen molar-refractivity contribution in [1.29, 1.82) is 0 Å². The molecule has 0 amide bonds. The topological polar surface area (TPSA) is 76.7 Å². The Balaban J connectivity index is 0.00000243. The second-order valence-electron chi connectivity index (χ2n) is 5.62. The summed E-state index contributed by atoms with van der Waals surface area (Å²) >= 11 is 0. The molecule has 1 aromatic carbocycles. The van der Waals surface area contributed by atoms with Gasteiger partial charge < -0.3 is 5.11 Å². The molecule has 26 heavy (non-hydrogen) atoms. The molecule has 3 aromatic rings. The Morgan fingerprint density at radius 2 is 1.92 bits per heavy atom.